The van der Waals surface area contributed by atoms with Crippen LogP contribution in [0.1, 0.15) is 22.8 Å². The maximum Gasteiger partial charge on any atom is 0.315 e. The third kappa shape index (κ3) is 4.52. The zero-order valence-corrected chi connectivity index (χ0v) is 12.1. The normalized spacial score (nSPS) is 10.2. The Labute approximate surface area is 120 Å². The first-order valence-corrected chi connectivity index (χ1v) is 7.16. The van der Waals surface area contributed by atoms with Crippen molar-refractivity contribution < 1.29 is 14.3 Å². The van der Waals surface area contributed by atoms with Crippen molar-refractivity contribution in [2.45, 2.75) is 12.7 Å². The van der Waals surface area contributed by atoms with Gasteiger partial charge < -0.3 is 4.74 Å². The highest BCUT2D eigenvalue weighted by atomic mass is 35.5. The lowest BCUT2D eigenvalue weighted by Crippen LogP contribution is -2.06. The van der Waals surface area contributed by atoms with Gasteiger partial charge in [0, 0.05) is 5.75 Å². The van der Waals surface area contributed by atoms with Crippen molar-refractivity contribution in [3.8, 4) is 0 Å². The van der Waals surface area contributed by atoms with Crippen LogP contribution in [-0.4, -0.2) is 24.6 Å². The molecular weight excluding hydrogens is 295 g/mol. The molecule has 0 heterocycles. The second-order valence-electron chi connectivity index (χ2n) is 3.39. The average Bonchev–Trinajstić information content (AvgIpc) is 2.29. The highest BCUT2D eigenvalue weighted by Gasteiger charge is 2.08. The first kappa shape index (κ1) is 15.3. The van der Waals surface area contributed by atoms with E-state index in [1.54, 1.807) is 19.1 Å². The van der Waals surface area contributed by atoms with E-state index in [1.165, 1.54) is 11.8 Å². The van der Waals surface area contributed by atoms with Crippen molar-refractivity contribution in [2.24, 2.45) is 0 Å². The van der Waals surface area contributed by atoms with E-state index in [0.717, 1.165) is 5.56 Å². The van der Waals surface area contributed by atoms with Gasteiger partial charge in [-0.3, -0.25) is 9.59 Å². The molecule has 1 aromatic rings. The monoisotopic (exact) mass is 306 g/mol. The van der Waals surface area contributed by atoms with Crippen LogP contribution < -0.4 is 0 Å². The lowest BCUT2D eigenvalue weighted by atomic mass is 10.2. The summed E-state index contributed by atoms with van der Waals surface area (Å²) in [5.74, 6) is 0.611. The number of hydrogen-bond donors (Lipinski definition) is 0. The number of carbonyl (C=O) groups is 2. The number of rotatable bonds is 6. The Kier molecular flexibility index (Phi) is 6.54. The molecule has 98 valence electrons. The Hall–Kier alpha value is -0.710. The third-order valence-corrected chi connectivity index (χ3v) is 3.65. The number of esters is 1. The van der Waals surface area contributed by atoms with E-state index < -0.39 is 0 Å². The van der Waals surface area contributed by atoms with Gasteiger partial charge in [-0.15, -0.1) is 11.8 Å². The van der Waals surface area contributed by atoms with Crippen LogP contribution in [0.5, 0.6) is 0 Å². The summed E-state index contributed by atoms with van der Waals surface area (Å²) in [5, 5.41) is 0.647. The summed E-state index contributed by atoms with van der Waals surface area (Å²) in [6.07, 6.45) is 0.625. The molecule has 0 saturated heterocycles. The molecular formula is C12H12Cl2O3S. The summed E-state index contributed by atoms with van der Waals surface area (Å²) in [4.78, 5) is 21.8. The lowest BCUT2D eigenvalue weighted by molar-refractivity contribution is -0.139. The van der Waals surface area contributed by atoms with Gasteiger partial charge in [0.2, 0.25) is 0 Å². The second kappa shape index (κ2) is 7.67. The molecule has 0 radical (unpaired) electrons. The van der Waals surface area contributed by atoms with Crippen LogP contribution in [-0.2, 0) is 15.3 Å². The molecule has 0 aliphatic carbocycles. The molecule has 0 atom stereocenters. The standard InChI is InChI=1S/C12H12Cl2O3S/c1-2-17-12(16)7-18-6-8-3-10(13)9(5-15)11(14)4-8/h3-5H,2,6-7H2,1H3. The van der Waals surface area contributed by atoms with Gasteiger partial charge >= 0.3 is 5.97 Å². The van der Waals surface area contributed by atoms with Crippen LogP contribution in [0.3, 0.4) is 0 Å². The number of halogens is 2. The predicted molar refractivity (Wildman–Crippen MR) is 74.6 cm³/mol. The summed E-state index contributed by atoms with van der Waals surface area (Å²) in [6, 6.07) is 3.35. The van der Waals surface area contributed by atoms with Gasteiger partial charge in [0.15, 0.2) is 6.29 Å². The molecule has 0 saturated carbocycles. The highest BCUT2D eigenvalue weighted by Crippen LogP contribution is 2.27. The van der Waals surface area contributed by atoms with Crippen LogP contribution in [0.2, 0.25) is 10.0 Å². The van der Waals surface area contributed by atoms with E-state index in [4.69, 9.17) is 27.9 Å². The van der Waals surface area contributed by atoms with Crippen molar-refractivity contribution in [3.63, 3.8) is 0 Å². The first-order chi connectivity index (χ1) is 8.58. The molecule has 0 aromatic heterocycles. The van der Waals surface area contributed by atoms with Crippen LogP contribution in [0, 0.1) is 0 Å². The molecule has 1 aromatic carbocycles. The lowest BCUT2D eigenvalue weighted by Gasteiger charge is -2.06. The number of hydrogen-bond acceptors (Lipinski definition) is 4. The van der Waals surface area contributed by atoms with Crippen LogP contribution in [0.15, 0.2) is 12.1 Å². The third-order valence-electron chi connectivity index (χ3n) is 2.05. The fraction of sp³-hybridized carbons (Fsp3) is 0.333. The summed E-state index contributed by atoms with van der Waals surface area (Å²) >= 11 is 13.2. The molecule has 3 nitrogen and oxygen atoms in total. The van der Waals surface area contributed by atoms with Crippen LogP contribution in [0.25, 0.3) is 0 Å². The van der Waals surface area contributed by atoms with E-state index in [0.29, 0.717) is 28.7 Å². The van der Waals surface area contributed by atoms with E-state index in [-0.39, 0.29) is 17.3 Å². The second-order valence-corrected chi connectivity index (χ2v) is 5.19. The minimum atomic E-state index is -0.246. The van der Waals surface area contributed by atoms with Crippen LogP contribution >= 0.6 is 35.0 Å². The zero-order chi connectivity index (χ0) is 13.5. The van der Waals surface area contributed by atoms with Gasteiger partial charge in [-0.05, 0) is 24.6 Å². The van der Waals surface area contributed by atoms with Gasteiger partial charge in [0.1, 0.15) is 0 Å². The Morgan fingerprint density at radius 1 is 1.39 bits per heavy atom. The molecule has 0 spiro atoms. The summed E-state index contributed by atoms with van der Waals surface area (Å²) in [6.45, 7) is 2.14. The number of thioether (sulfide) groups is 1. The fourth-order valence-electron chi connectivity index (χ4n) is 1.29. The number of carbonyl (C=O) groups excluding carboxylic acids is 2. The van der Waals surface area contributed by atoms with Gasteiger partial charge in [-0.2, -0.15) is 0 Å². The Balaban J connectivity index is 2.58. The fourth-order valence-corrected chi connectivity index (χ4v) is 2.66. The maximum absolute atomic E-state index is 11.1. The first-order valence-electron chi connectivity index (χ1n) is 5.25. The molecule has 1 rings (SSSR count). The topological polar surface area (TPSA) is 43.4 Å². The van der Waals surface area contributed by atoms with Crippen molar-refractivity contribution in [1.82, 2.24) is 0 Å². The van der Waals surface area contributed by atoms with E-state index in [9.17, 15) is 9.59 Å². The maximum atomic E-state index is 11.1. The molecule has 0 fully saturated rings. The predicted octanol–water partition coefficient (Wildman–Crippen LogP) is 3.60. The van der Waals surface area contributed by atoms with E-state index in [2.05, 4.69) is 0 Å². The molecule has 0 aliphatic heterocycles. The largest absolute Gasteiger partial charge is 0.465 e. The van der Waals surface area contributed by atoms with Crippen molar-refractivity contribution in [1.29, 1.82) is 0 Å². The Morgan fingerprint density at radius 3 is 2.50 bits per heavy atom. The molecule has 18 heavy (non-hydrogen) atoms. The SMILES string of the molecule is CCOC(=O)CSCc1cc(Cl)c(C=O)c(Cl)c1. The van der Waals surface area contributed by atoms with Crippen molar-refractivity contribution >= 4 is 47.2 Å². The molecule has 6 heteroatoms. The molecule has 0 amide bonds. The Morgan fingerprint density at radius 2 is 2.00 bits per heavy atom. The smallest absolute Gasteiger partial charge is 0.315 e. The molecule has 0 bridgehead atoms. The molecule has 0 N–H and O–H groups in total. The quantitative estimate of drug-likeness (QED) is 0.595. The van der Waals surface area contributed by atoms with Gasteiger partial charge in [-0.1, -0.05) is 23.2 Å². The summed E-state index contributed by atoms with van der Waals surface area (Å²) in [7, 11) is 0. The van der Waals surface area contributed by atoms with E-state index in [1.807, 2.05) is 0 Å². The highest BCUT2D eigenvalue weighted by molar-refractivity contribution is 7.99. The zero-order valence-electron chi connectivity index (χ0n) is 9.74. The summed E-state index contributed by atoms with van der Waals surface area (Å²) < 4.78 is 4.81. The van der Waals surface area contributed by atoms with Gasteiger partial charge in [0.05, 0.1) is 28.0 Å². The number of aldehydes is 1. The van der Waals surface area contributed by atoms with Crippen molar-refractivity contribution in [3.05, 3.63) is 33.3 Å². The van der Waals surface area contributed by atoms with E-state index >= 15 is 0 Å². The molecule has 0 aliphatic rings. The summed E-state index contributed by atoms with van der Waals surface area (Å²) in [5.41, 5.74) is 1.15. The Bertz CT molecular complexity index is 426. The van der Waals surface area contributed by atoms with Crippen molar-refractivity contribution in [2.75, 3.05) is 12.4 Å². The van der Waals surface area contributed by atoms with Gasteiger partial charge in [0.25, 0.3) is 0 Å². The number of benzene rings is 1. The minimum absolute atomic E-state index is 0.246. The minimum Gasteiger partial charge on any atom is -0.465 e. The van der Waals surface area contributed by atoms with Gasteiger partial charge in [-0.25, -0.2) is 0 Å². The number of ether oxygens (including phenoxy) is 1. The average molecular weight is 307 g/mol. The molecule has 0 unspecified atom stereocenters. The van der Waals surface area contributed by atoms with Crippen LogP contribution in [0.4, 0.5) is 0 Å².